The van der Waals surface area contributed by atoms with Crippen LogP contribution in [0.25, 0.3) is 0 Å². The highest BCUT2D eigenvalue weighted by atomic mass is 35.5. The first kappa shape index (κ1) is 32.2. The number of methoxy groups -OCH3 is 1. The molecule has 0 radical (unpaired) electrons. The fraction of sp³-hybridized carbons (Fsp3) is 0.333. The zero-order chi connectivity index (χ0) is 30.4. The highest BCUT2D eigenvalue weighted by Gasteiger charge is 2.34. The van der Waals surface area contributed by atoms with Gasteiger partial charge in [-0.25, -0.2) is 8.42 Å². The second-order valence-corrected chi connectivity index (χ2v) is 13.4. The number of nitrogens with one attached hydrogen (secondary N) is 1. The first-order valence-corrected chi connectivity index (χ1v) is 15.5. The average Bonchev–Trinajstić information content (AvgIpc) is 2.90. The molecule has 2 amide bonds. The van der Waals surface area contributed by atoms with Crippen molar-refractivity contribution in [2.45, 2.75) is 45.3 Å². The molecule has 3 rings (SSSR count). The monoisotopic (exact) mass is 619 g/mol. The van der Waals surface area contributed by atoms with Gasteiger partial charge in [0.1, 0.15) is 18.3 Å². The zero-order valence-corrected chi connectivity index (χ0v) is 26.1. The normalized spacial score (nSPS) is 12.4. The van der Waals surface area contributed by atoms with E-state index in [1.807, 2.05) is 51.1 Å². The fourth-order valence-corrected chi connectivity index (χ4v) is 5.38. The van der Waals surface area contributed by atoms with E-state index in [2.05, 4.69) is 5.32 Å². The van der Waals surface area contributed by atoms with Crippen molar-refractivity contribution < 1.29 is 22.7 Å². The van der Waals surface area contributed by atoms with Crippen molar-refractivity contribution in [1.82, 2.24) is 10.2 Å². The van der Waals surface area contributed by atoms with Gasteiger partial charge in [0.25, 0.3) is 0 Å². The molecule has 3 aromatic rings. The predicted molar refractivity (Wildman–Crippen MR) is 164 cm³/mol. The van der Waals surface area contributed by atoms with Gasteiger partial charge >= 0.3 is 0 Å². The third-order valence-corrected chi connectivity index (χ3v) is 8.01. The summed E-state index contributed by atoms with van der Waals surface area (Å²) in [5.41, 5.74) is 1.14. The van der Waals surface area contributed by atoms with Crippen molar-refractivity contribution in [2.24, 2.45) is 0 Å². The summed E-state index contributed by atoms with van der Waals surface area (Å²) in [5.74, 6) is -0.515. The number of ether oxygens (including phenoxy) is 1. The van der Waals surface area contributed by atoms with Crippen LogP contribution in [0.3, 0.4) is 0 Å². The molecule has 220 valence electrons. The Morgan fingerprint density at radius 2 is 1.61 bits per heavy atom. The lowest BCUT2D eigenvalue weighted by Gasteiger charge is -2.35. The van der Waals surface area contributed by atoms with Crippen molar-refractivity contribution >= 4 is 50.7 Å². The fourth-order valence-electron chi connectivity index (χ4n) is 4.22. The third kappa shape index (κ3) is 9.38. The quantitative estimate of drug-likeness (QED) is 0.313. The maximum Gasteiger partial charge on any atom is 0.244 e. The van der Waals surface area contributed by atoms with E-state index in [1.165, 1.54) is 18.1 Å². The maximum atomic E-state index is 14.1. The van der Waals surface area contributed by atoms with E-state index in [-0.39, 0.29) is 24.6 Å². The van der Waals surface area contributed by atoms with Gasteiger partial charge in [-0.15, -0.1) is 0 Å². The Labute approximate surface area is 252 Å². The van der Waals surface area contributed by atoms with Gasteiger partial charge in [-0.05, 0) is 56.2 Å². The van der Waals surface area contributed by atoms with Gasteiger partial charge in [0.05, 0.1) is 29.1 Å². The summed E-state index contributed by atoms with van der Waals surface area (Å²) in [5, 5.41) is 3.63. The minimum atomic E-state index is -3.90. The van der Waals surface area contributed by atoms with E-state index in [1.54, 1.807) is 36.4 Å². The Morgan fingerprint density at radius 3 is 2.20 bits per heavy atom. The Kier molecular flexibility index (Phi) is 10.7. The largest absolute Gasteiger partial charge is 0.497 e. The van der Waals surface area contributed by atoms with Gasteiger partial charge < -0.3 is 15.0 Å². The summed E-state index contributed by atoms with van der Waals surface area (Å²) in [4.78, 5) is 29.3. The molecular weight excluding hydrogens is 585 g/mol. The number of carbonyl (C=O) groups is 2. The highest BCUT2D eigenvalue weighted by Crippen LogP contribution is 2.26. The lowest BCUT2D eigenvalue weighted by atomic mass is 10.0. The minimum absolute atomic E-state index is 0.0134. The molecule has 11 heteroatoms. The predicted octanol–water partition coefficient (Wildman–Crippen LogP) is 5.32. The molecule has 0 aliphatic heterocycles. The van der Waals surface area contributed by atoms with E-state index in [4.69, 9.17) is 27.9 Å². The van der Waals surface area contributed by atoms with E-state index in [0.717, 1.165) is 16.1 Å². The van der Waals surface area contributed by atoms with Crippen LogP contribution >= 0.6 is 23.2 Å². The molecular formula is C30H35Cl2N3O5S. The molecule has 0 saturated heterocycles. The first-order valence-electron chi connectivity index (χ1n) is 12.9. The van der Waals surface area contributed by atoms with E-state index in [9.17, 15) is 18.0 Å². The zero-order valence-electron chi connectivity index (χ0n) is 23.7. The molecule has 41 heavy (non-hydrogen) atoms. The van der Waals surface area contributed by atoms with Crippen LogP contribution in [-0.2, 0) is 32.6 Å². The molecule has 0 aliphatic rings. The smallest absolute Gasteiger partial charge is 0.244 e. The Hall–Kier alpha value is -3.27. The molecule has 3 aromatic carbocycles. The third-order valence-electron chi connectivity index (χ3n) is 6.13. The molecule has 0 saturated carbocycles. The molecule has 0 spiro atoms. The maximum absolute atomic E-state index is 14.1. The molecule has 1 unspecified atom stereocenters. The van der Waals surface area contributed by atoms with E-state index < -0.39 is 34.1 Å². The Balaban J connectivity index is 2.10. The van der Waals surface area contributed by atoms with Gasteiger partial charge in [-0.2, -0.15) is 0 Å². The summed E-state index contributed by atoms with van der Waals surface area (Å²) >= 11 is 12.4. The van der Waals surface area contributed by atoms with Crippen molar-refractivity contribution in [2.75, 3.05) is 24.2 Å². The number of carbonyl (C=O) groups excluding carboxylic acids is 2. The Bertz CT molecular complexity index is 1480. The summed E-state index contributed by atoms with van der Waals surface area (Å²) in [6.07, 6.45) is 1.23. The minimum Gasteiger partial charge on any atom is -0.497 e. The number of sulfonamides is 1. The number of nitrogens with zero attached hydrogens (tertiary/aromatic N) is 2. The number of hydrogen-bond acceptors (Lipinski definition) is 5. The first-order chi connectivity index (χ1) is 19.2. The number of anilines is 1. The van der Waals surface area contributed by atoms with Crippen LogP contribution in [0.2, 0.25) is 10.0 Å². The summed E-state index contributed by atoms with van der Waals surface area (Å²) in [7, 11) is -2.43. The van der Waals surface area contributed by atoms with Crippen LogP contribution in [0.5, 0.6) is 5.75 Å². The Morgan fingerprint density at radius 1 is 0.927 bits per heavy atom. The van der Waals surface area contributed by atoms with Crippen molar-refractivity contribution in [3.8, 4) is 5.75 Å². The second-order valence-electron chi connectivity index (χ2n) is 10.7. The van der Waals surface area contributed by atoms with Crippen LogP contribution in [-0.4, -0.2) is 56.6 Å². The van der Waals surface area contributed by atoms with E-state index in [0.29, 0.717) is 21.4 Å². The highest BCUT2D eigenvalue weighted by molar-refractivity contribution is 7.92. The molecule has 1 N–H and O–H groups in total. The number of benzene rings is 3. The lowest BCUT2D eigenvalue weighted by molar-refractivity contribution is -0.140. The molecule has 0 fully saturated rings. The van der Waals surface area contributed by atoms with Crippen molar-refractivity contribution in [3.63, 3.8) is 0 Å². The van der Waals surface area contributed by atoms with Crippen LogP contribution in [0.4, 0.5) is 5.69 Å². The van der Waals surface area contributed by atoms with Gasteiger partial charge in [0.15, 0.2) is 0 Å². The van der Waals surface area contributed by atoms with E-state index >= 15 is 0 Å². The van der Waals surface area contributed by atoms with Crippen LogP contribution in [0.15, 0.2) is 72.8 Å². The SMILES string of the molecule is COc1cccc(N(CC(=O)N(Cc2ccc(Cl)c(Cl)c2)C(Cc2ccccc2)C(=O)NC(C)(C)C)S(C)(=O)=O)c1. The van der Waals surface area contributed by atoms with Crippen molar-refractivity contribution in [3.05, 3.63) is 94.0 Å². The van der Waals surface area contributed by atoms with Crippen molar-refractivity contribution in [1.29, 1.82) is 0 Å². The molecule has 0 aliphatic carbocycles. The molecule has 0 heterocycles. The molecule has 0 bridgehead atoms. The molecule has 1 atom stereocenters. The molecule has 8 nitrogen and oxygen atoms in total. The van der Waals surface area contributed by atoms with Crippen LogP contribution in [0.1, 0.15) is 31.9 Å². The summed E-state index contributed by atoms with van der Waals surface area (Å²) in [6.45, 7) is 5.00. The van der Waals surface area contributed by atoms with Crippen LogP contribution in [0, 0.1) is 0 Å². The van der Waals surface area contributed by atoms with Gasteiger partial charge in [-0.1, -0.05) is 65.7 Å². The lowest BCUT2D eigenvalue weighted by Crippen LogP contribution is -2.56. The number of halogens is 2. The average molecular weight is 621 g/mol. The van der Waals surface area contributed by atoms with Gasteiger partial charge in [0, 0.05) is 24.6 Å². The van der Waals surface area contributed by atoms with Gasteiger partial charge in [0.2, 0.25) is 21.8 Å². The topological polar surface area (TPSA) is 96.0 Å². The summed E-state index contributed by atoms with van der Waals surface area (Å²) in [6, 6.07) is 19.7. The number of amides is 2. The van der Waals surface area contributed by atoms with Crippen LogP contribution < -0.4 is 14.4 Å². The second kappa shape index (κ2) is 13.6. The number of rotatable bonds is 11. The number of hydrogen-bond donors (Lipinski definition) is 1. The molecule has 0 aromatic heterocycles. The standard InChI is InChI=1S/C30H35Cl2N3O5S/c1-30(2,3)33-29(37)27(17-21-10-7-6-8-11-21)34(19-22-14-15-25(31)26(32)16-22)28(36)20-35(41(5,38)39)23-12-9-13-24(18-23)40-4/h6-16,18,27H,17,19-20H2,1-5H3,(H,33,37). The van der Waals surface area contributed by atoms with Gasteiger partial charge in [-0.3, -0.25) is 13.9 Å². The summed E-state index contributed by atoms with van der Waals surface area (Å²) < 4.78 is 32.1.